The molecule has 2 aromatic carbocycles. The van der Waals surface area contributed by atoms with Gasteiger partial charge in [0.1, 0.15) is 6.04 Å². The van der Waals surface area contributed by atoms with E-state index in [0.29, 0.717) is 35.3 Å². The average molecular weight is 485 g/mol. The van der Waals surface area contributed by atoms with E-state index in [1.54, 1.807) is 34.1 Å². The number of anilines is 2. The van der Waals surface area contributed by atoms with E-state index in [2.05, 4.69) is 5.32 Å². The second-order valence-electron chi connectivity index (χ2n) is 8.08. The third-order valence-corrected chi connectivity index (χ3v) is 6.61. The molecule has 0 spiro atoms. The Kier molecular flexibility index (Phi) is 6.95. The summed E-state index contributed by atoms with van der Waals surface area (Å²) >= 11 is 11.5. The summed E-state index contributed by atoms with van der Waals surface area (Å²) in [5, 5.41) is 3.82. The lowest BCUT2D eigenvalue weighted by atomic mass is 10.1. The molecule has 0 bridgehead atoms. The number of carbonyl (C=O) groups excluding carboxylic acids is 3. The van der Waals surface area contributed by atoms with E-state index in [4.69, 9.17) is 23.8 Å². The van der Waals surface area contributed by atoms with Crippen molar-refractivity contribution >= 4 is 58.0 Å². The Morgan fingerprint density at radius 2 is 1.82 bits per heavy atom. The second kappa shape index (κ2) is 9.89. The highest BCUT2D eigenvalue weighted by molar-refractivity contribution is 7.80. The smallest absolute Gasteiger partial charge is 0.252 e. The molecular weight excluding hydrogens is 460 g/mol. The van der Waals surface area contributed by atoms with Crippen LogP contribution in [0.25, 0.3) is 0 Å². The zero-order valence-corrected chi connectivity index (χ0v) is 19.9. The molecule has 1 atom stereocenters. The van der Waals surface area contributed by atoms with Gasteiger partial charge in [0.15, 0.2) is 5.11 Å². The zero-order chi connectivity index (χ0) is 23.5. The van der Waals surface area contributed by atoms with Crippen molar-refractivity contribution in [2.24, 2.45) is 0 Å². The summed E-state index contributed by atoms with van der Waals surface area (Å²) in [5.41, 5.74) is 2.43. The Balaban J connectivity index is 1.47. The van der Waals surface area contributed by atoms with Gasteiger partial charge in [-0.2, -0.15) is 0 Å². The Morgan fingerprint density at radius 1 is 1.12 bits per heavy atom. The van der Waals surface area contributed by atoms with Crippen molar-refractivity contribution in [3.05, 3.63) is 59.1 Å². The Bertz CT molecular complexity index is 1070. The topological polar surface area (TPSA) is 73.0 Å². The molecule has 2 saturated heterocycles. The maximum Gasteiger partial charge on any atom is 0.252 e. The van der Waals surface area contributed by atoms with E-state index < -0.39 is 6.04 Å². The molecule has 0 radical (unpaired) electrons. The molecule has 2 heterocycles. The number of nitrogens with zero attached hydrogens (tertiary/aromatic N) is 3. The third-order valence-electron chi connectivity index (χ3n) is 5.90. The summed E-state index contributed by atoms with van der Waals surface area (Å²) < 4.78 is 0. The molecule has 0 saturated carbocycles. The van der Waals surface area contributed by atoms with Crippen molar-refractivity contribution < 1.29 is 14.4 Å². The summed E-state index contributed by atoms with van der Waals surface area (Å²) in [4.78, 5) is 42.8. The minimum atomic E-state index is -0.676. The fourth-order valence-electron chi connectivity index (χ4n) is 4.18. The maximum absolute atomic E-state index is 13.0. The van der Waals surface area contributed by atoms with Gasteiger partial charge in [-0.1, -0.05) is 23.7 Å². The molecule has 2 fully saturated rings. The number of nitrogens with one attached hydrogen (secondary N) is 1. The van der Waals surface area contributed by atoms with Crippen molar-refractivity contribution in [2.75, 3.05) is 23.3 Å². The number of carbonyl (C=O) groups is 3. The quantitative estimate of drug-likeness (QED) is 0.605. The molecule has 0 aromatic heterocycles. The molecule has 0 aliphatic carbocycles. The fraction of sp³-hybridized carbons (Fsp3) is 0.333. The minimum Gasteiger partial charge on any atom is -0.332 e. The molecule has 7 nitrogen and oxygen atoms in total. The Morgan fingerprint density at radius 3 is 2.42 bits per heavy atom. The average Bonchev–Trinajstić information content (AvgIpc) is 3.32. The van der Waals surface area contributed by atoms with Gasteiger partial charge in [-0.15, -0.1) is 0 Å². The SMILES string of the molecule is CCN1C(=O)[C@@H](CC(=O)Nc2ccc(Cl)cc2)N(Cc2ccc(N3CCCC3=O)cc2)C1=S. The molecule has 2 aliphatic rings. The lowest BCUT2D eigenvalue weighted by molar-refractivity contribution is -0.130. The number of amides is 3. The van der Waals surface area contributed by atoms with Crippen LogP contribution in [-0.4, -0.2) is 51.8 Å². The molecule has 33 heavy (non-hydrogen) atoms. The molecule has 3 amide bonds. The van der Waals surface area contributed by atoms with Crippen molar-refractivity contribution in [3.63, 3.8) is 0 Å². The first-order valence-electron chi connectivity index (χ1n) is 10.9. The lowest BCUT2D eigenvalue weighted by Crippen LogP contribution is -2.37. The van der Waals surface area contributed by atoms with E-state index in [1.165, 1.54) is 4.90 Å². The van der Waals surface area contributed by atoms with Crippen LogP contribution in [0, 0.1) is 0 Å². The van der Waals surface area contributed by atoms with Gasteiger partial charge >= 0.3 is 0 Å². The number of hydrogen-bond donors (Lipinski definition) is 1. The first-order chi connectivity index (χ1) is 15.9. The predicted molar refractivity (Wildman–Crippen MR) is 132 cm³/mol. The predicted octanol–water partition coefficient (Wildman–Crippen LogP) is 3.81. The summed E-state index contributed by atoms with van der Waals surface area (Å²) in [6.45, 7) is 3.44. The molecule has 1 N–H and O–H groups in total. The highest BCUT2D eigenvalue weighted by atomic mass is 35.5. The van der Waals surface area contributed by atoms with Gasteiger partial charge < -0.3 is 15.1 Å². The number of thiocarbonyl (C=S) groups is 1. The fourth-order valence-corrected chi connectivity index (χ4v) is 4.72. The van der Waals surface area contributed by atoms with Crippen LogP contribution >= 0.6 is 23.8 Å². The molecule has 2 aliphatic heterocycles. The van der Waals surface area contributed by atoms with Gasteiger partial charge in [-0.3, -0.25) is 19.3 Å². The van der Waals surface area contributed by atoms with Crippen LogP contribution in [0.2, 0.25) is 5.02 Å². The summed E-state index contributed by atoms with van der Waals surface area (Å²) in [6, 6.07) is 13.8. The van der Waals surface area contributed by atoms with Crippen LogP contribution in [-0.2, 0) is 20.9 Å². The monoisotopic (exact) mass is 484 g/mol. The van der Waals surface area contributed by atoms with Gasteiger partial charge in [0.2, 0.25) is 11.8 Å². The van der Waals surface area contributed by atoms with Gasteiger partial charge in [0.05, 0.1) is 6.42 Å². The Hall–Kier alpha value is -2.97. The van der Waals surface area contributed by atoms with Crippen molar-refractivity contribution in [1.82, 2.24) is 9.80 Å². The largest absolute Gasteiger partial charge is 0.332 e. The lowest BCUT2D eigenvalue weighted by Gasteiger charge is -2.24. The summed E-state index contributed by atoms with van der Waals surface area (Å²) in [5.74, 6) is -0.309. The van der Waals surface area contributed by atoms with Crippen LogP contribution < -0.4 is 10.2 Å². The van der Waals surface area contributed by atoms with Crippen LogP contribution in [0.4, 0.5) is 11.4 Å². The van der Waals surface area contributed by atoms with E-state index in [1.807, 2.05) is 31.2 Å². The number of halogens is 1. The molecular formula is C24H25ClN4O3S. The van der Waals surface area contributed by atoms with Crippen molar-refractivity contribution in [3.8, 4) is 0 Å². The zero-order valence-electron chi connectivity index (χ0n) is 18.3. The number of benzene rings is 2. The standard InChI is InChI=1S/C24H25ClN4O3S/c1-2-27-23(32)20(14-21(30)26-18-9-7-17(25)8-10-18)29(24(27)33)15-16-5-11-19(12-6-16)28-13-3-4-22(28)31/h5-12,20H,2-4,13-15H2,1H3,(H,26,30)/t20-/m1/s1. The van der Waals surface area contributed by atoms with Gasteiger partial charge in [0.25, 0.3) is 5.91 Å². The maximum atomic E-state index is 13.0. The normalized spacial score (nSPS) is 18.4. The summed E-state index contributed by atoms with van der Waals surface area (Å²) in [7, 11) is 0. The minimum absolute atomic E-state index is 0.0154. The van der Waals surface area contributed by atoms with E-state index in [9.17, 15) is 14.4 Å². The molecule has 4 rings (SSSR count). The van der Waals surface area contributed by atoms with E-state index >= 15 is 0 Å². The van der Waals surface area contributed by atoms with Crippen LogP contribution in [0.5, 0.6) is 0 Å². The van der Waals surface area contributed by atoms with Gasteiger partial charge in [-0.05, 0) is 67.5 Å². The molecule has 2 aromatic rings. The van der Waals surface area contributed by atoms with Crippen LogP contribution in [0.1, 0.15) is 31.7 Å². The highest BCUT2D eigenvalue weighted by Gasteiger charge is 2.42. The van der Waals surface area contributed by atoms with Gasteiger partial charge in [-0.25, -0.2) is 0 Å². The molecule has 9 heteroatoms. The highest BCUT2D eigenvalue weighted by Crippen LogP contribution is 2.26. The van der Waals surface area contributed by atoms with E-state index in [0.717, 1.165) is 24.2 Å². The van der Waals surface area contributed by atoms with Gasteiger partial charge in [0, 0.05) is 42.5 Å². The molecule has 172 valence electrons. The van der Waals surface area contributed by atoms with Crippen LogP contribution in [0.3, 0.4) is 0 Å². The van der Waals surface area contributed by atoms with E-state index in [-0.39, 0.29) is 24.1 Å². The number of likely N-dealkylation sites (N-methyl/N-ethyl adjacent to an activating group) is 1. The Labute approximate surface area is 203 Å². The molecule has 0 unspecified atom stereocenters. The number of hydrogen-bond acceptors (Lipinski definition) is 4. The second-order valence-corrected chi connectivity index (χ2v) is 8.88. The first kappa shape index (κ1) is 23.2. The van der Waals surface area contributed by atoms with Crippen molar-refractivity contribution in [2.45, 2.75) is 38.8 Å². The van der Waals surface area contributed by atoms with Crippen LogP contribution in [0.15, 0.2) is 48.5 Å². The van der Waals surface area contributed by atoms with Crippen molar-refractivity contribution in [1.29, 1.82) is 0 Å². The first-order valence-corrected chi connectivity index (χ1v) is 11.7. The number of rotatable bonds is 7. The third kappa shape index (κ3) is 5.02. The summed E-state index contributed by atoms with van der Waals surface area (Å²) in [6.07, 6.45) is 1.44.